The van der Waals surface area contributed by atoms with E-state index < -0.39 is 12.1 Å². The Morgan fingerprint density at radius 3 is 1.81 bits per heavy atom. The summed E-state index contributed by atoms with van der Waals surface area (Å²) in [5, 5.41) is 22.5. The summed E-state index contributed by atoms with van der Waals surface area (Å²) in [5.74, 6) is -0.0811. The van der Waals surface area contributed by atoms with E-state index in [1.54, 1.807) is 6.08 Å². The van der Waals surface area contributed by atoms with Crippen LogP contribution in [0.3, 0.4) is 0 Å². The lowest BCUT2D eigenvalue weighted by atomic mass is 10.0. The molecular weight excluding hydrogens is 398 g/mol. The van der Waals surface area contributed by atoms with E-state index in [-0.39, 0.29) is 12.5 Å². The lowest BCUT2D eigenvalue weighted by Crippen LogP contribution is -2.45. The summed E-state index contributed by atoms with van der Waals surface area (Å²) >= 11 is 0. The zero-order valence-electron chi connectivity index (χ0n) is 21.2. The largest absolute Gasteiger partial charge is 0.394 e. The molecule has 2 unspecified atom stereocenters. The van der Waals surface area contributed by atoms with Gasteiger partial charge in [-0.15, -0.1) is 0 Å². The molecule has 0 spiro atoms. The summed E-state index contributed by atoms with van der Waals surface area (Å²) in [5.41, 5.74) is 0. The molecule has 4 heteroatoms. The zero-order chi connectivity index (χ0) is 23.7. The van der Waals surface area contributed by atoms with E-state index in [2.05, 4.69) is 31.3 Å². The average Bonchev–Trinajstić information content (AvgIpc) is 2.79. The minimum absolute atomic E-state index is 0.0811. The number of carbonyl (C=O) groups is 1. The first-order valence-corrected chi connectivity index (χ1v) is 13.6. The fourth-order valence-electron chi connectivity index (χ4n) is 3.78. The molecule has 1 amide bonds. The summed E-state index contributed by atoms with van der Waals surface area (Å²) in [7, 11) is 0. The molecule has 188 valence electrons. The van der Waals surface area contributed by atoms with Gasteiger partial charge in [0.2, 0.25) is 5.91 Å². The van der Waals surface area contributed by atoms with E-state index in [9.17, 15) is 15.0 Å². The standard InChI is InChI=1S/C28H53NO3/c1-3-5-7-9-11-13-14-16-18-20-22-24-28(32)29-26(25-30)27(31)23-21-19-17-15-12-10-8-6-4-2/h12,15,21,23,26-27,30-31H,3-11,13-14,16-20,22,24-25H2,1-2H3,(H,29,32)/b15-12+,23-21+. The Morgan fingerprint density at radius 1 is 0.719 bits per heavy atom. The van der Waals surface area contributed by atoms with Gasteiger partial charge >= 0.3 is 0 Å². The third-order valence-electron chi connectivity index (χ3n) is 5.94. The van der Waals surface area contributed by atoms with Gasteiger partial charge in [0.15, 0.2) is 0 Å². The average molecular weight is 452 g/mol. The van der Waals surface area contributed by atoms with Crippen molar-refractivity contribution >= 4 is 5.91 Å². The van der Waals surface area contributed by atoms with Gasteiger partial charge in [0.05, 0.1) is 18.8 Å². The highest BCUT2D eigenvalue weighted by molar-refractivity contribution is 5.76. The van der Waals surface area contributed by atoms with Crippen LogP contribution in [-0.4, -0.2) is 34.9 Å². The van der Waals surface area contributed by atoms with Crippen molar-refractivity contribution in [2.24, 2.45) is 0 Å². The van der Waals surface area contributed by atoms with E-state index in [0.717, 1.165) is 32.1 Å². The number of aliphatic hydroxyl groups is 2. The van der Waals surface area contributed by atoms with Crippen molar-refractivity contribution in [1.29, 1.82) is 0 Å². The highest BCUT2D eigenvalue weighted by Crippen LogP contribution is 2.12. The molecule has 0 aromatic carbocycles. The number of rotatable bonds is 23. The maximum atomic E-state index is 12.1. The summed E-state index contributed by atoms with van der Waals surface area (Å²) in [6.45, 7) is 4.20. The Labute approximate surface area is 199 Å². The van der Waals surface area contributed by atoms with Crippen molar-refractivity contribution in [3.63, 3.8) is 0 Å². The van der Waals surface area contributed by atoms with Crippen molar-refractivity contribution in [2.45, 2.75) is 142 Å². The smallest absolute Gasteiger partial charge is 0.220 e. The highest BCUT2D eigenvalue weighted by atomic mass is 16.3. The van der Waals surface area contributed by atoms with E-state index in [0.29, 0.717) is 6.42 Å². The van der Waals surface area contributed by atoms with Crippen LogP contribution in [0.4, 0.5) is 0 Å². The van der Waals surface area contributed by atoms with Crippen LogP contribution in [0.2, 0.25) is 0 Å². The summed E-state index contributed by atoms with van der Waals surface area (Å²) in [4.78, 5) is 12.1. The maximum absolute atomic E-state index is 12.1. The second-order valence-electron chi connectivity index (χ2n) is 9.11. The van der Waals surface area contributed by atoms with Crippen LogP contribution in [0.25, 0.3) is 0 Å². The van der Waals surface area contributed by atoms with Crippen molar-refractivity contribution in [3.05, 3.63) is 24.3 Å². The number of carbonyl (C=O) groups excluding carboxylic acids is 1. The molecule has 4 nitrogen and oxygen atoms in total. The third kappa shape index (κ3) is 20.8. The second kappa shape index (κ2) is 24.5. The van der Waals surface area contributed by atoms with E-state index in [1.165, 1.54) is 77.0 Å². The van der Waals surface area contributed by atoms with Gasteiger partial charge < -0.3 is 15.5 Å². The van der Waals surface area contributed by atoms with Crippen molar-refractivity contribution in [2.75, 3.05) is 6.61 Å². The Hall–Kier alpha value is -1.13. The Morgan fingerprint density at radius 2 is 1.22 bits per heavy atom. The molecule has 0 rings (SSSR count). The normalized spacial score (nSPS) is 13.8. The minimum atomic E-state index is -0.852. The van der Waals surface area contributed by atoms with E-state index in [1.807, 2.05) is 6.08 Å². The topological polar surface area (TPSA) is 69.6 Å². The molecule has 0 aromatic heterocycles. The minimum Gasteiger partial charge on any atom is -0.394 e. The molecule has 0 aliphatic heterocycles. The van der Waals surface area contributed by atoms with Crippen LogP contribution in [-0.2, 0) is 4.79 Å². The first-order valence-electron chi connectivity index (χ1n) is 13.6. The molecule has 0 aliphatic carbocycles. The molecule has 0 bridgehead atoms. The predicted octanol–water partition coefficient (Wildman–Crippen LogP) is 7.00. The second-order valence-corrected chi connectivity index (χ2v) is 9.11. The highest BCUT2D eigenvalue weighted by Gasteiger charge is 2.17. The Balaban J connectivity index is 3.77. The molecule has 0 heterocycles. The van der Waals surface area contributed by atoms with Crippen molar-refractivity contribution in [1.82, 2.24) is 5.32 Å². The number of hydrogen-bond acceptors (Lipinski definition) is 3. The Kier molecular flexibility index (Phi) is 23.6. The molecule has 0 saturated heterocycles. The van der Waals surface area contributed by atoms with Gasteiger partial charge in [0.1, 0.15) is 0 Å². The zero-order valence-corrected chi connectivity index (χ0v) is 21.2. The van der Waals surface area contributed by atoms with Gasteiger partial charge in [0.25, 0.3) is 0 Å². The molecule has 3 N–H and O–H groups in total. The lowest BCUT2D eigenvalue weighted by molar-refractivity contribution is -0.123. The summed E-state index contributed by atoms with van der Waals surface area (Å²) < 4.78 is 0. The van der Waals surface area contributed by atoms with Crippen LogP contribution in [0.1, 0.15) is 129 Å². The van der Waals surface area contributed by atoms with Crippen LogP contribution in [0.15, 0.2) is 24.3 Å². The molecule has 0 aliphatic rings. The number of amides is 1. The third-order valence-corrected chi connectivity index (χ3v) is 5.94. The molecule has 0 fully saturated rings. The molecule has 0 saturated carbocycles. The van der Waals surface area contributed by atoms with E-state index >= 15 is 0 Å². The van der Waals surface area contributed by atoms with E-state index in [4.69, 9.17) is 0 Å². The maximum Gasteiger partial charge on any atom is 0.220 e. The number of unbranched alkanes of at least 4 members (excludes halogenated alkanes) is 14. The fourth-order valence-corrected chi connectivity index (χ4v) is 3.78. The molecular formula is C28H53NO3. The quantitative estimate of drug-likeness (QED) is 0.116. The van der Waals surface area contributed by atoms with Gasteiger partial charge in [-0.3, -0.25) is 4.79 Å². The molecule has 0 aromatic rings. The van der Waals surface area contributed by atoms with Crippen LogP contribution in [0, 0.1) is 0 Å². The first-order chi connectivity index (χ1) is 15.7. The monoisotopic (exact) mass is 451 g/mol. The van der Waals surface area contributed by atoms with Gasteiger partial charge in [-0.05, 0) is 32.1 Å². The van der Waals surface area contributed by atoms with Gasteiger partial charge in [-0.2, -0.15) is 0 Å². The summed E-state index contributed by atoms with van der Waals surface area (Å²) in [6, 6.07) is -0.629. The first kappa shape index (κ1) is 30.9. The fraction of sp³-hybridized carbons (Fsp3) is 0.821. The SMILES string of the molecule is CCCCC/C=C/CC/C=C/C(O)C(CO)NC(=O)CCCCCCCCCCCCC. The Bertz CT molecular complexity index is 462. The molecule has 0 radical (unpaired) electrons. The number of aliphatic hydroxyl groups excluding tert-OH is 2. The van der Waals surface area contributed by atoms with Crippen LogP contribution in [0.5, 0.6) is 0 Å². The van der Waals surface area contributed by atoms with Gasteiger partial charge in [0, 0.05) is 6.42 Å². The molecule has 32 heavy (non-hydrogen) atoms. The van der Waals surface area contributed by atoms with Crippen molar-refractivity contribution in [3.8, 4) is 0 Å². The van der Waals surface area contributed by atoms with Gasteiger partial charge in [-0.1, -0.05) is 115 Å². The number of allylic oxidation sites excluding steroid dienone is 3. The number of nitrogens with one attached hydrogen (secondary N) is 1. The van der Waals surface area contributed by atoms with Crippen LogP contribution < -0.4 is 5.32 Å². The number of hydrogen-bond donors (Lipinski definition) is 3. The molecule has 2 atom stereocenters. The predicted molar refractivity (Wildman–Crippen MR) is 138 cm³/mol. The summed E-state index contributed by atoms with van der Waals surface area (Å²) in [6.07, 6.45) is 28.2. The van der Waals surface area contributed by atoms with Gasteiger partial charge in [-0.25, -0.2) is 0 Å². The van der Waals surface area contributed by atoms with Crippen LogP contribution >= 0.6 is 0 Å². The lowest BCUT2D eigenvalue weighted by Gasteiger charge is -2.19. The van der Waals surface area contributed by atoms with Crippen molar-refractivity contribution < 1.29 is 15.0 Å².